The molecule has 4 N–H and O–H groups in total. The number of carbonyl (C=O) groups excluding carboxylic acids is 1. The van der Waals surface area contributed by atoms with Crippen LogP contribution in [0.25, 0.3) is 5.70 Å². The Balaban J connectivity index is 1.74. The molecule has 2 aromatic rings. The third-order valence-corrected chi connectivity index (χ3v) is 5.78. The number of carbonyl (C=O) groups is 2. The molecule has 1 heterocycles. The molecule has 1 amide bonds. The summed E-state index contributed by atoms with van der Waals surface area (Å²) in [4.78, 5) is 28.5. The minimum Gasteiger partial charge on any atom is -0.478 e. The molecule has 0 atom stereocenters. The van der Waals surface area contributed by atoms with Crippen molar-refractivity contribution >= 4 is 34.9 Å². The van der Waals surface area contributed by atoms with E-state index in [1.807, 2.05) is 12.1 Å². The van der Waals surface area contributed by atoms with E-state index in [2.05, 4.69) is 10.3 Å². The zero-order valence-corrected chi connectivity index (χ0v) is 17.4. The quantitative estimate of drug-likeness (QED) is 0.654. The summed E-state index contributed by atoms with van der Waals surface area (Å²) in [5.74, 6) is -2.11. The van der Waals surface area contributed by atoms with E-state index in [-0.39, 0.29) is 16.8 Å². The number of benzene rings is 2. The molecule has 1 aliphatic carbocycles. The van der Waals surface area contributed by atoms with E-state index >= 15 is 0 Å². The molecule has 2 fully saturated rings. The van der Waals surface area contributed by atoms with Crippen molar-refractivity contribution in [3.8, 4) is 0 Å². The first kappa shape index (κ1) is 21.1. The molecule has 2 aliphatic rings. The van der Waals surface area contributed by atoms with Gasteiger partial charge in [0, 0.05) is 12.1 Å². The minimum atomic E-state index is -1.23. The van der Waals surface area contributed by atoms with Crippen LogP contribution in [-0.2, 0) is 0 Å². The van der Waals surface area contributed by atoms with E-state index in [1.54, 1.807) is 6.07 Å². The van der Waals surface area contributed by atoms with Crippen LogP contribution < -0.4 is 11.1 Å². The Morgan fingerprint density at radius 3 is 2.68 bits per heavy atom. The van der Waals surface area contributed by atoms with Gasteiger partial charge in [0.2, 0.25) is 0 Å². The normalized spacial score (nSPS) is 19.1. The number of halogens is 2. The maximum atomic E-state index is 14.5. The van der Waals surface area contributed by atoms with Gasteiger partial charge in [0.1, 0.15) is 5.82 Å². The number of aromatic carboxylic acids is 1. The lowest BCUT2D eigenvalue weighted by Crippen LogP contribution is -2.31. The summed E-state index contributed by atoms with van der Waals surface area (Å²) in [6, 6.07) is 8.92. The van der Waals surface area contributed by atoms with Crippen molar-refractivity contribution in [1.29, 1.82) is 0 Å². The molecule has 2 aromatic carbocycles. The number of aliphatic imine (C=N–C) groups is 1. The molecule has 31 heavy (non-hydrogen) atoms. The van der Waals surface area contributed by atoms with E-state index in [0.29, 0.717) is 40.9 Å². The third kappa shape index (κ3) is 4.32. The number of carboxylic acid groups (broad SMARTS) is 1. The molecule has 0 radical (unpaired) electrons. The highest BCUT2D eigenvalue weighted by Crippen LogP contribution is 2.43. The Hall–Kier alpha value is -3.19. The van der Waals surface area contributed by atoms with E-state index in [4.69, 9.17) is 22.4 Å². The number of piperidine rings is 1. The predicted octanol–water partition coefficient (Wildman–Crippen LogP) is 4.35. The Morgan fingerprint density at radius 1 is 1.23 bits per heavy atom. The van der Waals surface area contributed by atoms with Gasteiger partial charge in [0.15, 0.2) is 0 Å². The van der Waals surface area contributed by atoms with Crippen LogP contribution >= 0.6 is 11.6 Å². The topological polar surface area (TPSA) is 105 Å². The van der Waals surface area contributed by atoms with E-state index in [9.17, 15) is 14.0 Å². The number of hydrogen-bond donors (Lipinski definition) is 3. The summed E-state index contributed by atoms with van der Waals surface area (Å²) in [5.41, 5.74) is 8.28. The van der Waals surface area contributed by atoms with Crippen molar-refractivity contribution in [3.05, 3.63) is 75.2 Å². The molecule has 8 heteroatoms. The van der Waals surface area contributed by atoms with Gasteiger partial charge in [-0.25, -0.2) is 14.2 Å². The molecule has 1 saturated carbocycles. The second-order valence-corrected chi connectivity index (χ2v) is 8.07. The molecule has 0 spiro atoms. The van der Waals surface area contributed by atoms with E-state index < -0.39 is 17.7 Å². The van der Waals surface area contributed by atoms with Crippen molar-refractivity contribution < 1.29 is 19.1 Å². The van der Waals surface area contributed by atoms with Gasteiger partial charge in [0.05, 0.1) is 33.3 Å². The number of hydrogen-bond acceptors (Lipinski definition) is 4. The van der Waals surface area contributed by atoms with Gasteiger partial charge in [-0.2, -0.15) is 0 Å². The highest BCUT2D eigenvalue weighted by molar-refractivity contribution is 6.34. The number of nitrogens with one attached hydrogen (secondary N) is 1. The summed E-state index contributed by atoms with van der Waals surface area (Å²) in [6.07, 6.45) is 3.26. The Labute approximate surface area is 183 Å². The smallest absolute Gasteiger partial charge is 0.335 e. The van der Waals surface area contributed by atoms with Gasteiger partial charge in [-0.1, -0.05) is 23.7 Å². The van der Waals surface area contributed by atoms with Crippen molar-refractivity contribution in [2.75, 3.05) is 6.54 Å². The van der Waals surface area contributed by atoms with Gasteiger partial charge in [-0.05, 0) is 61.4 Å². The number of nitrogens with zero attached hydrogens (tertiary/aromatic N) is 1. The van der Waals surface area contributed by atoms with Gasteiger partial charge >= 0.3 is 5.97 Å². The summed E-state index contributed by atoms with van der Waals surface area (Å²) in [6.45, 7) is 0.595. The summed E-state index contributed by atoms with van der Waals surface area (Å²) >= 11 is 6.33. The summed E-state index contributed by atoms with van der Waals surface area (Å²) in [7, 11) is 0. The zero-order valence-electron chi connectivity index (χ0n) is 16.6. The van der Waals surface area contributed by atoms with Gasteiger partial charge in [-0.15, -0.1) is 0 Å². The van der Waals surface area contributed by atoms with Gasteiger partial charge < -0.3 is 16.2 Å². The minimum absolute atomic E-state index is 0.0472. The van der Waals surface area contributed by atoms with Crippen LogP contribution in [0.5, 0.6) is 0 Å². The lowest BCUT2D eigenvalue weighted by molar-refractivity contribution is 0.0696. The predicted molar refractivity (Wildman–Crippen MR) is 117 cm³/mol. The maximum absolute atomic E-state index is 14.5. The molecule has 0 aromatic heterocycles. The van der Waals surface area contributed by atoms with Crippen LogP contribution in [-0.4, -0.2) is 29.2 Å². The SMILES string of the molecule is NC(=C1NCCCC1=NC(=O)c1c(Cl)cccc1C1CC1)c1ccc(C(=O)O)cc1F. The van der Waals surface area contributed by atoms with Crippen molar-refractivity contribution in [2.45, 2.75) is 31.6 Å². The van der Waals surface area contributed by atoms with Crippen LogP contribution in [0.4, 0.5) is 4.39 Å². The fourth-order valence-electron chi connectivity index (χ4n) is 3.74. The van der Waals surface area contributed by atoms with Crippen LogP contribution in [0.3, 0.4) is 0 Å². The second kappa shape index (κ2) is 8.51. The molecule has 6 nitrogen and oxygen atoms in total. The highest BCUT2D eigenvalue weighted by atomic mass is 35.5. The number of allylic oxidation sites excluding steroid dienone is 1. The van der Waals surface area contributed by atoms with Gasteiger partial charge in [0.25, 0.3) is 5.91 Å². The number of nitrogens with two attached hydrogens (primary N) is 1. The number of rotatable bonds is 4. The first-order chi connectivity index (χ1) is 14.9. The highest BCUT2D eigenvalue weighted by Gasteiger charge is 2.30. The van der Waals surface area contributed by atoms with Gasteiger partial charge in [-0.3, -0.25) is 4.79 Å². The largest absolute Gasteiger partial charge is 0.478 e. The Bertz CT molecular complexity index is 1140. The molecule has 1 aliphatic heterocycles. The van der Waals surface area contributed by atoms with Crippen molar-refractivity contribution in [2.24, 2.45) is 10.7 Å². The lowest BCUT2D eigenvalue weighted by Gasteiger charge is -2.22. The zero-order chi connectivity index (χ0) is 22.1. The molecule has 1 saturated heterocycles. The lowest BCUT2D eigenvalue weighted by atomic mass is 9.99. The average molecular weight is 442 g/mol. The van der Waals surface area contributed by atoms with Crippen LogP contribution in [0.1, 0.15) is 63.4 Å². The fourth-order valence-corrected chi connectivity index (χ4v) is 4.00. The average Bonchev–Trinajstić information content (AvgIpc) is 3.58. The standard InChI is InChI=1S/C23H21ClFN3O3/c24-16-4-1-3-14(12-6-7-12)19(16)22(29)28-18-5-2-10-27-21(18)20(26)15-9-8-13(23(30)31)11-17(15)25/h1,3-4,8-9,11-12,27H,2,5-7,10,26H2,(H,30,31). The van der Waals surface area contributed by atoms with Crippen LogP contribution in [0, 0.1) is 5.82 Å². The molecular weight excluding hydrogens is 421 g/mol. The van der Waals surface area contributed by atoms with Crippen molar-refractivity contribution in [3.63, 3.8) is 0 Å². The maximum Gasteiger partial charge on any atom is 0.335 e. The summed E-state index contributed by atoms with van der Waals surface area (Å²) < 4.78 is 14.5. The Kier molecular flexibility index (Phi) is 5.78. The Morgan fingerprint density at radius 2 is 2.00 bits per heavy atom. The number of carboxylic acids is 1. The summed E-state index contributed by atoms with van der Waals surface area (Å²) in [5, 5.41) is 12.5. The fraction of sp³-hybridized carbons (Fsp3) is 0.261. The van der Waals surface area contributed by atoms with Crippen LogP contribution in [0.2, 0.25) is 5.02 Å². The molecule has 0 unspecified atom stereocenters. The van der Waals surface area contributed by atoms with Crippen LogP contribution in [0.15, 0.2) is 47.1 Å². The van der Waals surface area contributed by atoms with Crippen molar-refractivity contribution in [1.82, 2.24) is 5.32 Å². The third-order valence-electron chi connectivity index (χ3n) is 5.47. The molecule has 4 rings (SSSR count). The second-order valence-electron chi connectivity index (χ2n) is 7.66. The molecule has 0 bridgehead atoms. The first-order valence-corrected chi connectivity index (χ1v) is 10.4. The van der Waals surface area contributed by atoms with E-state index in [0.717, 1.165) is 30.9 Å². The number of amides is 1. The van der Waals surface area contributed by atoms with E-state index in [1.165, 1.54) is 12.1 Å². The molecule has 160 valence electrons. The molecular formula is C23H21ClFN3O3. The monoisotopic (exact) mass is 441 g/mol. The first-order valence-electron chi connectivity index (χ1n) is 10.0.